The maximum absolute atomic E-state index is 14.4. The molecule has 2 amide bonds. The highest BCUT2D eigenvalue weighted by Crippen LogP contribution is 2.29. The minimum Gasteiger partial charge on any atom is -0.352 e. The Bertz CT molecular complexity index is 1510. The van der Waals surface area contributed by atoms with E-state index < -0.39 is 28.5 Å². The number of nitrogens with zero attached hydrogens (tertiary/aromatic N) is 2. The number of hydrogen-bond donors (Lipinski definition) is 1. The van der Waals surface area contributed by atoms with Gasteiger partial charge in [-0.3, -0.25) is 13.9 Å². The molecule has 10 heteroatoms. The van der Waals surface area contributed by atoms with Crippen LogP contribution in [-0.4, -0.2) is 43.8 Å². The molecular weight excluding hydrogens is 605 g/mol. The first-order valence-electron chi connectivity index (χ1n) is 14.8. The van der Waals surface area contributed by atoms with Gasteiger partial charge in [-0.05, 0) is 67.1 Å². The number of rotatable bonds is 12. The fourth-order valence-corrected chi connectivity index (χ4v) is 7.52. The predicted molar refractivity (Wildman–Crippen MR) is 173 cm³/mol. The van der Waals surface area contributed by atoms with Gasteiger partial charge in [-0.25, -0.2) is 8.42 Å². The van der Waals surface area contributed by atoms with Crippen molar-refractivity contribution in [1.82, 2.24) is 10.2 Å². The topological polar surface area (TPSA) is 86.8 Å². The minimum absolute atomic E-state index is 0.0140. The number of sulfonamides is 1. The van der Waals surface area contributed by atoms with Gasteiger partial charge >= 0.3 is 0 Å². The van der Waals surface area contributed by atoms with Crippen LogP contribution in [0.25, 0.3) is 0 Å². The Kier molecular flexibility index (Phi) is 11.5. The number of para-hydroxylation sites is 1. The van der Waals surface area contributed by atoms with E-state index in [4.69, 9.17) is 23.2 Å². The standard InChI is InChI=1S/C33H39Cl2N3O4S/c1-3-24-13-11-12-18-31(24)38(43(41,42)28-16-9-6-10-17-28)23-32(39)37(22-25-19-20-26(34)21-29(25)35)30(4-2)33(40)36-27-14-7-5-8-15-27/h6,9-13,16-21,27,30H,3-5,7-8,14-15,22-23H2,1-2H3,(H,36,40)/t30-/m1/s1. The highest BCUT2D eigenvalue weighted by molar-refractivity contribution is 7.92. The molecule has 1 atom stereocenters. The van der Waals surface area contributed by atoms with Crippen molar-refractivity contribution in [3.05, 3.63) is 94.0 Å². The van der Waals surface area contributed by atoms with Crippen LogP contribution in [0.3, 0.4) is 0 Å². The fraction of sp³-hybridized carbons (Fsp3) is 0.394. The monoisotopic (exact) mass is 643 g/mol. The molecule has 0 heterocycles. The zero-order chi connectivity index (χ0) is 31.0. The maximum atomic E-state index is 14.4. The third kappa shape index (κ3) is 8.11. The molecule has 230 valence electrons. The molecule has 0 bridgehead atoms. The molecule has 1 aliphatic carbocycles. The van der Waals surface area contributed by atoms with Crippen LogP contribution in [0.2, 0.25) is 10.0 Å². The number of carbonyl (C=O) groups is 2. The lowest BCUT2D eigenvalue weighted by Crippen LogP contribution is -2.54. The molecule has 0 aromatic heterocycles. The number of benzene rings is 3. The summed E-state index contributed by atoms with van der Waals surface area (Å²) in [4.78, 5) is 29.6. The van der Waals surface area contributed by atoms with Gasteiger partial charge in [-0.15, -0.1) is 0 Å². The van der Waals surface area contributed by atoms with Crippen molar-refractivity contribution in [2.24, 2.45) is 0 Å². The predicted octanol–water partition coefficient (Wildman–Crippen LogP) is 7.01. The van der Waals surface area contributed by atoms with Crippen LogP contribution in [0.5, 0.6) is 0 Å². The first kappa shape index (κ1) is 32.8. The lowest BCUT2D eigenvalue weighted by Gasteiger charge is -2.35. The van der Waals surface area contributed by atoms with E-state index in [0.29, 0.717) is 34.1 Å². The van der Waals surface area contributed by atoms with E-state index in [-0.39, 0.29) is 23.4 Å². The summed E-state index contributed by atoms with van der Waals surface area (Å²) in [6.07, 6.45) is 5.95. The zero-order valence-electron chi connectivity index (χ0n) is 24.6. The van der Waals surface area contributed by atoms with Gasteiger partial charge in [0, 0.05) is 22.6 Å². The van der Waals surface area contributed by atoms with Crippen LogP contribution in [0.4, 0.5) is 5.69 Å². The number of hydrogen-bond acceptors (Lipinski definition) is 4. The average molecular weight is 645 g/mol. The SMILES string of the molecule is CCc1ccccc1N(CC(=O)N(Cc1ccc(Cl)cc1Cl)[C@H](CC)C(=O)NC1CCCCC1)S(=O)(=O)c1ccccc1. The minimum atomic E-state index is -4.14. The molecule has 1 aliphatic rings. The molecule has 3 aromatic rings. The molecule has 0 radical (unpaired) electrons. The van der Waals surface area contributed by atoms with E-state index in [1.54, 1.807) is 48.5 Å². The molecule has 1 saturated carbocycles. The van der Waals surface area contributed by atoms with Crippen LogP contribution in [0.1, 0.15) is 63.5 Å². The van der Waals surface area contributed by atoms with E-state index >= 15 is 0 Å². The van der Waals surface area contributed by atoms with Gasteiger partial charge in [-0.2, -0.15) is 0 Å². The van der Waals surface area contributed by atoms with Crippen LogP contribution < -0.4 is 9.62 Å². The molecule has 0 unspecified atom stereocenters. The van der Waals surface area contributed by atoms with Crippen molar-refractivity contribution in [3.8, 4) is 0 Å². The van der Waals surface area contributed by atoms with Gasteiger partial charge in [0.1, 0.15) is 12.6 Å². The van der Waals surface area contributed by atoms with Gasteiger partial charge < -0.3 is 10.2 Å². The highest BCUT2D eigenvalue weighted by Gasteiger charge is 2.35. The summed E-state index contributed by atoms with van der Waals surface area (Å²) in [6, 6.07) is 19.4. The van der Waals surface area contributed by atoms with Crippen LogP contribution >= 0.6 is 23.2 Å². The van der Waals surface area contributed by atoms with E-state index in [2.05, 4.69) is 5.32 Å². The second kappa shape index (κ2) is 15.1. The summed E-state index contributed by atoms with van der Waals surface area (Å²) in [5.41, 5.74) is 1.81. The normalized spacial score (nSPS) is 14.6. The summed E-state index contributed by atoms with van der Waals surface area (Å²) in [6.45, 7) is 3.30. The molecule has 0 spiro atoms. The largest absolute Gasteiger partial charge is 0.352 e. The summed E-state index contributed by atoms with van der Waals surface area (Å²) in [5, 5.41) is 3.96. The maximum Gasteiger partial charge on any atom is 0.264 e. The molecule has 0 aliphatic heterocycles. The summed E-state index contributed by atoms with van der Waals surface area (Å²) in [7, 11) is -4.14. The lowest BCUT2D eigenvalue weighted by atomic mass is 9.95. The van der Waals surface area contributed by atoms with Crippen molar-refractivity contribution in [1.29, 1.82) is 0 Å². The van der Waals surface area contributed by atoms with Crippen molar-refractivity contribution < 1.29 is 18.0 Å². The van der Waals surface area contributed by atoms with Crippen molar-refractivity contribution in [2.75, 3.05) is 10.8 Å². The van der Waals surface area contributed by atoms with Crippen LogP contribution in [0, 0.1) is 0 Å². The van der Waals surface area contributed by atoms with E-state index in [9.17, 15) is 18.0 Å². The lowest BCUT2D eigenvalue weighted by molar-refractivity contribution is -0.140. The first-order chi connectivity index (χ1) is 20.6. The fourth-order valence-electron chi connectivity index (χ4n) is 5.58. The van der Waals surface area contributed by atoms with Gasteiger partial charge in [0.05, 0.1) is 10.6 Å². The second-order valence-electron chi connectivity index (χ2n) is 10.8. The Hall–Kier alpha value is -3.07. The average Bonchev–Trinajstić information content (AvgIpc) is 3.01. The number of aryl methyl sites for hydroxylation is 1. The van der Waals surface area contributed by atoms with Crippen molar-refractivity contribution in [2.45, 2.75) is 82.3 Å². The molecule has 7 nitrogen and oxygen atoms in total. The number of amides is 2. The van der Waals surface area contributed by atoms with E-state index in [1.165, 1.54) is 17.0 Å². The molecule has 3 aromatic carbocycles. The molecule has 4 rings (SSSR count). The van der Waals surface area contributed by atoms with Crippen LogP contribution in [-0.2, 0) is 32.6 Å². The van der Waals surface area contributed by atoms with Gasteiger partial charge in [0.25, 0.3) is 10.0 Å². The summed E-state index contributed by atoms with van der Waals surface area (Å²) >= 11 is 12.7. The van der Waals surface area contributed by atoms with Crippen LogP contribution in [0.15, 0.2) is 77.7 Å². The Labute approximate surface area is 265 Å². The molecule has 1 fully saturated rings. The quantitative estimate of drug-likeness (QED) is 0.230. The zero-order valence-corrected chi connectivity index (χ0v) is 27.0. The number of halogens is 2. The van der Waals surface area contributed by atoms with Gasteiger partial charge in [-0.1, -0.05) is 98.8 Å². The summed E-state index contributed by atoms with van der Waals surface area (Å²) in [5.74, 6) is -0.763. The smallest absolute Gasteiger partial charge is 0.264 e. The number of carbonyl (C=O) groups excluding carboxylic acids is 2. The highest BCUT2D eigenvalue weighted by atomic mass is 35.5. The Morgan fingerprint density at radius 1 is 0.907 bits per heavy atom. The molecule has 0 saturated heterocycles. The van der Waals surface area contributed by atoms with E-state index in [1.807, 2.05) is 26.0 Å². The van der Waals surface area contributed by atoms with Crippen molar-refractivity contribution >= 4 is 50.7 Å². The molecule has 1 N–H and O–H groups in total. The molecule has 43 heavy (non-hydrogen) atoms. The van der Waals surface area contributed by atoms with Gasteiger partial charge in [0.2, 0.25) is 11.8 Å². The first-order valence-corrected chi connectivity index (χ1v) is 17.0. The Balaban J connectivity index is 1.74. The number of anilines is 1. The van der Waals surface area contributed by atoms with Gasteiger partial charge in [0.15, 0.2) is 0 Å². The third-order valence-electron chi connectivity index (χ3n) is 7.94. The Morgan fingerprint density at radius 3 is 2.23 bits per heavy atom. The number of nitrogens with one attached hydrogen (secondary N) is 1. The van der Waals surface area contributed by atoms with E-state index in [0.717, 1.165) is 42.0 Å². The van der Waals surface area contributed by atoms with Crippen molar-refractivity contribution in [3.63, 3.8) is 0 Å². The second-order valence-corrected chi connectivity index (χ2v) is 13.5. The summed E-state index contributed by atoms with van der Waals surface area (Å²) < 4.78 is 29.3. The Morgan fingerprint density at radius 2 is 1.58 bits per heavy atom. The third-order valence-corrected chi connectivity index (χ3v) is 10.3. The molecular formula is C33H39Cl2N3O4S.